The average Bonchev–Trinajstić information content (AvgIpc) is 2.89. The Morgan fingerprint density at radius 1 is 1.39 bits per heavy atom. The molecule has 96 valence electrons. The van der Waals surface area contributed by atoms with Gasteiger partial charge in [0.15, 0.2) is 0 Å². The van der Waals surface area contributed by atoms with Gasteiger partial charge in [-0.15, -0.1) is 0 Å². The van der Waals surface area contributed by atoms with Gasteiger partial charge in [-0.2, -0.15) is 0 Å². The Hall–Kier alpha value is -1.12. The van der Waals surface area contributed by atoms with Crippen molar-refractivity contribution in [1.29, 1.82) is 0 Å². The van der Waals surface area contributed by atoms with Crippen molar-refractivity contribution < 1.29 is 9.47 Å². The molecule has 0 spiro atoms. The van der Waals surface area contributed by atoms with Crippen molar-refractivity contribution >= 4 is 0 Å². The topological polar surface area (TPSA) is 18.5 Å². The van der Waals surface area contributed by atoms with Crippen LogP contribution < -0.4 is 0 Å². The van der Waals surface area contributed by atoms with Crippen LogP contribution in [0, 0.1) is 5.92 Å². The molecule has 1 saturated carbocycles. The van der Waals surface area contributed by atoms with Crippen LogP contribution in [0.25, 0.3) is 0 Å². The van der Waals surface area contributed by atoms with Crippen LogP contribution in [0.3, 0.4) is 0 Å². The van der Waals surface area contributed by atoms with E-state index in [2.05, 4.69) is 25.6 Å². The molecule has 2 nitrogen and oxygen atoms in total. The third kappa shape index (κ3) is 1.80. The Bertz CT molecular complexity index is 440. The van der Waals surface area contributed by atoms with Gasteiger partial charge >= 0.3 is 0 Å². The molecule has 2 fully saturated rings. The van der Waals surface area contributed by atoms with Gasteiger partial charge in [0.25, 0.3) is 0 Å². The van der Waals surface area contributed by atoms with Crippen molar-refractivity contribution in [2.45, 2.75) is 38.1 Å². The van der Waals surface area contributed by atoms with Gasteiger partial charge in [-0.3, -0.25) is 0 Å². The van der Waals surface area contributed by atoms with E-state index in [1.807, 2.05) is 18.2 Å². The normalized spacial score (nSPS) is 34.2. The molecule has 2 aliphatic rings. The number of hydrogen-bond donors (Lipinski definition) is 0. The van der Waals surface area contributed by atoms with Crippen LogP contribution in [0.5, 0.6) is 0 Å². The molecule has 2 bridgehead atoms. The zero-order valence-corrected chi connectivity index (χ0v) is 10.9. The van der Waals surface area contributed by atoms with Crippen LogP contribution in [0.15, 0.2) is 42.5 Å². The SMILES string of the molecule is C=C1C[C@]2(CC)OC[C@H]1[C@@H]2OCc1ccccc1. The molecule has 0 aromatic heterocycles. The van der Waals surface area contributed by atoms with Crippen LogP contribution in [0.2, 0.25) is 0 Å². The maximum atomic E-state index is 6.15. The predicted molar refractivity (Wildman–Crippen MR) is 71.2 cm³/mol. The van der Waals surface area contributed by atoms with Crippen molar-refractivity contribution in [3.63, 3.8) is 0 Å². The molecule has 2 heteroatoms. The minimum absolute atomic E-state index is 0.101. The van der Waals surface area contributed by atoms with Gasteiger partial charge < -0.3 is 9.47 Å². The first kappa shape index (κ1) is 11.9. The maximum Gasteiger partial charge on any atom is 0.0984 e. The summed E-state index contributed by atoms with van der Waals surface area (Å²) in [5.74, 6) is 0.397. The van der Waals surface area contributed by atoms with Gasteiger partial charge in [-0.25, -0.2) is 0 Å². The molecule has 0 amide bonds. The number of ether oxygens (including phenoxy) is 2. The number of hydrogen-bond acceptors (Lipinski definition) is 2. The summed E-state index contributed by atoms with van der Waals surface area (Å²) in [4.78, 5) is 0. The molecule has 3 rings (SSSR count). The number of benzene rings is 1. The molecule has 1 aliphatic carbocycles. The summed E-state index contributed by atoms with van der Waals surface area (Å²) < 4.78 is 12.1. The molecule has 1 saturated heterocycles. The molecule has 18 heavy (non-hydrogen) atoms. The highest BCUT2D eigenvalue weighted by Crippen LogP contribution is 2.50. The molecule has 0 radical (unpaired) electrons. The summed E-state index contributed by atoms with van der Waals surface area (Å²) >= 11 is 0. The van der Waals surface area contributed by atoms with Gasteiger partial charge in [0.05, 0.1) is 24.9 Å². The van der Waals surface area contributed by atoms with Crippen LogP contribution >= 0.6 is 0 Å². The lowest BCUT2D eigenvalue weighted by Gasteiger charge is -2.29. The van der Waals surface area contributed by atoms with Gasteiger partial charge in [0.1, 0.15) is 0 Å². The Labute approximate surface area is 109 Å². The summed E-state index contributed by atoms with van der Waals surface area (Å²) in [6.45, 7) is 7.81. The molecule has 1 aliphatic heterocycles. The minimum Gasteiger partial charge on any atom is -0.371 e. The average molecular weight is 244 g/mol. The first-order chi connectivity index (χ1) is 8.75. The number of rotatable bonds is 4. The van der Waals surface area contributed by atoms with Crippen molar-refractivity contribution in [3.8, 4) is 0 Å². The second-order valence-corrected chi connectivity index (χ2v) is 5.39. The van der Waals surface area contributed by atoms with Crippen molar-refractivity contribution in [1.82, 2.24) is 0 Å². The van der Waals surface area contributed by atoms with E-state index in [9.17, 15) is 0 Å². The van der Waals surface area contributed by atoms with Crippen LogP contribution in [0.1, 0.15) is 25.3 Å². The van der Waals surface area contributed by atoms with E-state index in [4.69, 9.17) is 9.47 Å². The van der Waals surface area contributed by atoms with Gasteiger partial charge in [0, 0.05) is 12.3 Å². The van der Waals surface area contributed by atoms with Crippen LogP contribution in [-0.2, 0) is 16.1 Å². The molecule has 1 aromatic rings. The Kier molecular flexibility index (Phi) is 3.00. The van der Waals surface area contributed by atoms with Crippen molar-refractivity contribution in [3.05, 3.63) is 48.0 Å². The van der Waals surface area contributed by atoms with E-state index in [1.165, 1.54) is 11.1 Å². The van der Waals surface area contributed by atoms with Gasteiger partial charge in [0.2, 0.25) is 0 Å². The summed E-state index contributed by atoms with van der Waals surface area (Å²) in [7, 11) is 0. The van der Waals surface area contributed by atoms with Gasteiger partial charge in [-0.1, -0.05) is 49.4 Å². The highest BCUT2D eigenvalue weighted by atomic mass is 16.6. The molecule has 0 unspecified atom stereocenters. The second kappa shape index (κ2) is 4.52. The lowest BCUT2D eigenvalue weighted by Crippen LogP contribution is -2.37. The van der Waals surface area contributed by atoms with E-state index in [0.29, 0.717) is 12.5 Å². The van der Waals surface area contributed by atoms with E-state index in [1.54, 1.807) is 0 Å². The zero-order chi connectivity index (χ0) is 12.6. The summed E-state index contributed by atoms with van der Waals surface area (Å²) in [6, 6.07) is 10.3. The van der Waals surface area contributed by atoms with Crippen molar-refractivity contribution in [2.24, 2.45) is 5.92 Å². The molecule has 1 heterocycles. The van der Waals surface area contributed by atoms with E-state index >= 15 is 0 Å². The first-order valence-electron chi connectivity index (χ1n) is 6.72. The largest absolute Gasteiger partial charge is 0.371 e. The second-order valence-electron chi connectivity index (χ2n) is 5.39. The minimum atomic E-state index is -0.101. The summed E-state index contributed by atoms with van der Waals surface area (Å²) in [6.07, 6.45) is 2.16. The molecule has 3 atom stereocenters. The van der Waals surface area contributed by atoms with E-state index in [0.717, 1.165) is 19.4 Å². The predicted octanol–water partition coefficient (Wildman–Crippen LogP) is 3.33. The van der Waals surface area contributed by atoms with Crippen molar-refractivity contribution in [2.75, 3.05) is 6.61 Å². The Morgan fingerprint density at radius 2 is 2.17 bits per heavy atom. The van der Waals surface area contributed by atoms with E-state index < -0.39 is 0 Å². The highest BCUT2D eigenvalue weighted by molar-refractivity contribution is 5.24. The fraction of sp³-hybridized carbons (Fsp3) is 0.500. The molecule has 1 aromatic carbocycles. The summed E-state index contributed by atoms with van der Waals surface area (Å²) in [5, 5.41) is 0. The molecule has 0 N–H and O–H groups in total. The summed E-state index contributed by atoms with van der Waals surface area (Å²) in [5.41, 5.74) is 2.43. The molecular weight excluding hydrogens is 224 g/mol. The standard InChI is InChI=1S/C16H20O2/c1-3-16-9-12(2)14(11-18-16)15(16)17-10-13-7-5-4-6-8-13/h4-8,14-15H,2-3,9-11H2,1H3/t14-,15+,16+/m1/s1. The number of fused-ring (bicyclic) bond motifs is 2. The quantitative estimate of drug-likeness (QED) is 0.756. The third-order valence-corrected chi connectivity index (χ3v) is 4.36. The highest BCUT2D eigenvalue weighted by Gasteiger charge is 2.56. The maximum absolute atomic E-state index is 6.15. The molecular formula is C16H20O2. The van der Waals surface area contributed by atoms with Gasteiger partial charge in [-0.05, 0) is 12.0 Å². The zero-order valence-electron chi connectivity index (χ0n) is 10.9. The van der Waals surface area contributed by atoms with E-state index in [-0.39, 0.29) is 11.7 Å². The lowest BCUT2D eigenvalue weighted by molar-refractivity contribution is -0.0859. The fourth-order valence-corrected chi connectivity index (χ4v) is 3.25. The smallest absolute Gasteiger partial charge is 0.0984 e. The third-order valence-electron chi connectivity index (χ3n) is 4.36. The lowest BCUT2D eigenvalue weighted by atomic mass is 9.96. The fourth-order valence-electron chi connectivity index (χ4n) is 3.25. The Balaban J connectivity index is 1.71. The first-order valence-corrected chi connectivity index (χ1v) is 6.72. The van der Waals surface area contributed by atoms with Crippen LogP contribution in [-0.4, -0.2) is 18.3 Å². The van der Waals surface area contributed by atoms with Crippen LogP contribution in [0.4, 0.5) is 0 Å². The monoisotopic (exact) mass is 244 g/mol. The Morgan fingerprint density at radius 3 is 2.83 bits per heavy atom.